The highest BCUT2D eigenvalue weighted by Gasteiger charge is 2.16. The summed E-state index contributed by atoms with van der Waals surface area (Å²) in [4.78, 5) is 17.3. The average molecular weight is 375 g/mol. The molecule has 0 bridgehead atoms. The van der Waals surface area contributed by atoms with Crippen molar-refractivity contribution in [3.63, 3.8) is 0 Å². The molecule has 0 saturated carbocycles. The van der Waals surface area contributed by atoms with Gasteiger partial charge >= 0.3 is 6.03 Å². The van der Waals surface area contributed by atoms with Crippen LogP contribution in [-0.4, -0.2) is 61.6 Å². The lowest BCUT2D eigenvalue weighted by molar-refractivity contribution is 0.135. The van der Waals surface area contributed by atoms with Gasteiger partial charge in [0.25, 0.3) is 0 Å². The van der Waals surface area contributed by atoms with Crippen LogP contribution in [0.4, 0.5) is 4.79 Å². The second-order valence-electron chi connectivity index (χ2n) is 7.98. The number of rotatable bonds is 10. The number of benzene rings is 1. The number of nitrogens with one attached hydrogen (secondary N) is 2. The van der Waals surface area contributed by atoms with Crippen LogP contribution in [0.3, 0.4) is 0 Å². The van der Waals surface area contributed by atoms with E-state index in [9.17, 15) is 4.79 Å². The molecule has 0 radical (unpaired) electrons. The Balaban J connectivity index is 1.63. The first-order valence-electron chi connectivity index (χ1n) is 10.6. The van der Waals surface area contributed by atoms with E-state index in [0.717, 1.165) is 38.9 Å². The number of likely N-dealkylation sites (N-methyl/N-ethyl adjacent to an activating group) is 1. The lowest BCUT2D eigenvalue weighted by Gasteiger charge is -2.34. The molecule has 1 unspecified atom stereocenters. The molecule has 1 aromatic rings. The van der Waals surface area contributed by atoms with E-state index in [1.165, 1.54) is 31.7 Å². The molecule has 1 heterocycles. The lowest BCUT2D eigenvalue weighted by atomic mass is 9.97. The van der Waals surface area contributed by atoms with Crippen molar-refractivity contribution in [2.24, 2.45) is 5.92 Å². The molecule has 5 heteroatoms. The number of piperazine rings is 1. The molecule has 1 atom stereocenters. The Morgan fingerprint density at radius 3 is 2.33 bits per heavy atom. The fourth-order valence-electron chi connectivity index (χ4n) is 3.64. The maximum absolute atomic E-state index is 12.3. The zero-order valence-electron chi connectivity index (χ0n) is 17.4. The Morgan fingerprint density at radius 2 is 1.70 bits per heavy atom. The second kappa shape index (κ2) is 12.0. The van der Waals surface area contributed by atoms with E-state index in [1.807, 2.05) is 18.2 Å². The van der Waals surface area contributed by atoms with Crippen molar-refractivity contribution in [2.45, 2.75) is 46.1 Å². The van der Waals surface area contributed by atoms with Crippen molar-refractivity contribution in [3.8, 4) is 0 Å². The molecular weight excluding hydrogens is 336 g/mol. The van der Waals surface area contributed by atoms with Gasteiger partial charge in [0.15, 0.2) is 0 Å². The second-order valence-corrected chi connectivity index (χ2v) is 7.98. The molecule has 152 valence electrons. The largest absolute Gasteiger partial charge is 0.338 e. The van der Waals surface area contributed by atoms with E-state index < -0.39 is 0 Å². The SMILES string of the molecule is CCN1CCN(CCCCNC(=O)NC(CC(C)C)c2ccccc2)CC1. The van der Waals surface area contributed by atoms with Gasteiger partial charge in [-0.1, -0.05) is 51.1 Å². The molecule has 2 rings (SSSR count). The Bertz CT molecular complexity index is 526. The summed E-state index contributed by atoms with van der Waals surface area (Å²) in [5, 5.41) is 6.18. The molecule has 1 fully saturated rings. The zero-order chi connectivity index (χ0) is 19.5. The summed E-state index contributed by atoms with van der Waals surface area (Å²) in [6.07, 6.45) is 3.11. The Hall–Kier alpha value is -1.59. The van der Waals surface area contributed by atoms with E-state index >= 15 is 0 Å². The van der Waals surface area contributed by atoms with Crippen LogP contribution in [0, 0.1) is 5.92 Å². The van der Waals surface area contributed by atoms with Gasteiger partial charge in [0.1, 0.15) is 0 Å². The highest BCUT2D eigenvalue weighted by Crippen LogP contribution is 2.20. The first kappa shape index (κ1) is 21.7. The first-order valence-corrected chi connectivity index (χ1v) is 10.6. The van der Waals surface area contributed by atoms with Gasteiger partial charge in [0.2, 0.25) is 0 Å². The minimum atomic E-state index is -0.0546. The van der Waals surface area contributed by atoms with Gasteiger partial charge in [-0.15, -0.1) is 0 Å². The number of carbonyl (C=O) groups excluding carboxylic acids is 1. The van der Waals surface area contributed by atoms with Crippen molar-refractivity contribution in [3.05, 3.63) is 35.9 Å². The average Bonchev–Trinajstić information content (AvgIpc) is 2.68. The third-order valence-corrected chi connectivity index (χ3v) is 5.31. The molecule has 1 aliphatic rings. The fourth-order valence-corrected chi connectivity index (χ4v) is 3.64. The summed E-state index contributed by atoms with van der Waals surface area (Å²) < 4.78 is 0. The summed E-state index contributed by atoms with van der Waals surface area (Å²) >= 11 is 0. The smallest absolute Gasteiger partial charge is 0.315 e. The number of carbonyl (C=O) groups is 1. The molecular formula is C22H38N4O. The van der Waals surface area contributed by atoms with Crippen molar-refractivity contribution in [1.29, 1.82) is 0 Å². The summed E-state index contributed by atoms with van der Waals surface area (Å²) in [5.74, 6) is 0.531. The van der Waals surface area contributed by atoms with Gasteiger partial charge in [-0.3, -0.25) is 0 Å². The predicted octanol–water partition coefficient (Wildman–Crippen LogP) is 3.49. The van der Waals surface area contributed by atoms with Crippen molar-refractivity contribution in [1.82, 2.24) is 20.4 Å². The summed E-state index contributed by atoms with van der Waals surface area (Å²) in [6.45, 7) is 14.4. The highest BCUT2D eigenvalue weighted by molar-refractivity contribution is 5.74. The molecule has 27 heavy (non-hydrogen) atoms. The standard InChI is InChI=1S/C22H38N4O/c1-4-25-14-16-26(17-15-25)13-9-8-12-23-22(27)24-21(18-19(2)3)20-10-6-5-7-11-20/h5-7,10-11,19,21H,4,8-9,12-18H2,1-3H3,(H2,23,24,27). The van der Waals surface area contributed by atoms with Crippen LogP contribution in [0.5, 0.6) is 0 Å². The zero-order valence-corrected chi connectivity index (χ0v) is 17.4. The number of urea groups is 1. The molecule has 5 nitrogen and oxygen atoms in total. The van der Waals surface area contributed by atoms with Gasteiger partial charge in [-0.2, -0.15) is 0 Å². The monoisotopic (exact) mass is 374 g/mol. The quantitative estimate of drug-likeness (QED) is 0.616. The van der Waals surface area contributed by atoms with Gasteiger partial charge in [0, 0.05) is 32.7 Å². The van der Waals surface area contributed by atoms with E-state index in [0.29, 0.717) is 5.92 Å². The maximum atomic E-state index is 12.3. The van der Waals surface area contributed by atoms with E-state index in [1.54, 1.807) is 0 Å². The van der Waals surface area contributed by atoms with Crippen LogP contribution in [0.25, 0.3) is 0 Å². The molecule has 1 aliphatic heterocycles. The van der Waals surface area contributed by atoms with Crippen LogP contribution in [-0.2, 0) is 0 Å². The van der Waals surface area contributed by atoms with E-state index in [2.05, 4.69) is 53.3 Å². The Kier molecular flexibility index (Phi) is 9.64. The first-order chi connectivity index (χ1) is 13.1. The molecule has 0 aromatic heterocycles. The van der Waals surface area contributed by atoms with Crippen molar-refractivity contribution >= 4 is 6.03 Å². The van der Waals surface area contributed by atoms with Crippen LogP contribution in [0.1, 0.15) is 51.6 Å². The molecule has 1 aromatic carbocycles. The van der Waals surface area contributed by atoms with E-state index in [-0.39, 0.29) is 12.1 Å². The third kappa shape index (κ3) is 8.31. The summed E-state index contributed by atoms with van der Waals surface area (Å²) in [7, 11) is 0. The van der Waals surface area contributed by atoms with Gasteiger partial charge < -0.3 is 20.4 Å². The number of hydrogen-bond donors (Lipinski definition) is 2. The summed E-state index contributed by atoms with van der Waals surface area (Å²) in [5.41, 5.74) is 1.17. The molecule has 0 aliphatic carbocycles. The molecule has 2 amide bonds. The predicted molar refractivity (Wildman–Crippen MR) is 113 cm³/mol. The lowest BCUT2D eigenvalue weighted by Crippen LogP contribution is -2.46. The van der Waals surface area contributed by atoms with Gasteiger partial charge in [-0.25, -0.2) is 4.79 Å². The Labute approximate surface area is 165 Å². The Morgan fingerprint density at radius 1 is 1.04 bits per heavy atom. The topological polar surface area (TPSA) is 47.6 Å². The highest BCUT2D eigenvalue weighted by atomic mass is 16.2. The summed E-state index contributed by atoms with van der Waals surface area (Å²) in [6, 6.07) is 10.3. The van der Waals surface area contributed by atoms with Crippen molar-refractivity contribution in [2.75, 3.05) is 45.8 Å². The normalized spacial score (nSPS) is 17.0. The molecule has 1 saturated heterocycles. The number of amides is 2. The van der Waals surface area contributed by atoms with Crippen LogP contribution < -0.4 is 10.6 Å². The minimum Gasteiger partial charge on any atom is -0.338 e. The van der Waals surface area contributed by atoms with Crippen LogP contribution in [0.2, 0.25) is 0 Å². The molecule has 0 spiro atoms. The van der Waals surface area contributed by atoms with E-state index in [4.69, 9.17) is 0 Å². The number of hydrogen-bond acceptors (Lipinski definition) is 3. The van der Waals surface area contributed by atoms with Gasteiger partial charge in [0.05, 0.1) is 6.04 Å². The minimum absolute atomic E-state index is 0.0546. The molecule has 2 N–H and O–H groups in total. The number of nitrogens with zero attached hydrogens (tertiary/aromatic N) is 2. The third-order valence-electron chi connectivity index (χ3n) is 5.31. The van der Waals surface area contributed by atoms with Crippen LogP contribution >= 0.6 is 0 Å². The van der Waals surface area contributed by atoms with Crippen molar-refractivity contribution < 1.29 is 4.79 Å². The maximum Gasteiger partial charge on any atom is 0.315 e. The fraction of sp³-hybridized carbons (Fsp3) is 0.682. The van der Waals surface area contributed by atoms with Crippen LogP contribution in [0.15, 0.2) is 30.3 Å². The number of unbranched alkanes of at least 4 members (excludes halogenated alkanes) is 1. The van der Waals surface area contributed by atoms with Gasteiger partial charge in [-0.05, 0) is 43.8 Å².